The number of nitrogens with zero attached hydrogens (tertiary/aromatic N) is 4. The molecule has 0 saturated carbocycles. The highest BCUT2D eigenvalue weighted by Gasteiger charge is 2.09. The first kappa shape index (κ1) is 16.3. The van der Waals surface area contributed by atoms with Crippen molar-refractivity contribution < 1.29 is 4.79 Å². The quantitative estimate of drug-likeness (QED) is 0.653. The number of aromatic nitrogens is 4. The van der Waals surface area contributed by atoms with Gasteiger partial charge in [0.15, 0.2) is 0 Å². The van der Waals surface area contributed by atoms with Crippen LogP contribution < -0.4 is 16.4 Å². The fourth-order valence-corrected chi connectivity index (χ4v) is 2.30. The van der Waals surface area contributed by atoms with Crippen LogP contribution in [0.4, 0.5) is 17.5 Å². The molecule has 0 saturated heterocycles. The molecule has 25 heavy (non-hydrogen) atoms. The van der Waals surface area contributed by atoms with Gasteiger partial charge in [0.2, 0.25) is 5.95 Å². The van der Waals surface area contributed by atoms with Gasteiger partial charge in [-0.2, -0.15) is 0 Å². The average Bonchev–Trinajstić information content (AvgIpc) is 2.62. The summed E-state index contributed by atoms with van der Waals surface area (Å²) in [6, 6.07) is 7.38. The van der Waals surface area contributed by atoms with Crippen LogP contribution in [0, 0.1) is 6.92 Å². The molecule has 0 spiro atoms. The maximum atomic E-state index is 11.2. The smallest absolute Gasteiger partial charge is 0.267 e. The lowest BCUT2D eigenvalue weighted by Gasteiger charge is -2.08. The van der Waals surface area contributed by atoms with Crippen LogP contribution in [0.5, 0.6) is 0 Å². The Hall–Kier alpha value is -3.55. The number of carbonyl (C=O) groups is 1. The fourth-order valence-electron chi connectivity index (χ4n) is 2.30. The number of pyridine rings is 2. The van der Waals surface area contributed by atoms with Crippen molar-refractivity contribution in [3.63, 3.8) is 0 Å². The summed E-state index contributed by atoms with van der Waals surface area (Å²) in [5, 5.41) is 6.05. The van der Waals surface area contributed by atoms with E-state index >= 15 is 0 Å². The zero-order valence-electron chi connectivity index (χ0n) is 13.8. The predicted octanol–water partition coefficient (Wildman–Crippen LogP) is 2.13. The first-order chi connectivity index (χ1) is 12.1. The molecule has 0 unspecified atom stereocenters. The molecule has 126 valence electrons. The van der Waals surface area contributed by atoms with Gasteiger partial charge in [0.1, 0.15) is 11.5 Å². The number of primary amides is 1. The van der Waals surface area contributed by atoms with E-state index in [0.717, 1.165) is 17.1 Å². The number of carbonyl (C=O) groups excluding carboxylic acids is 1. The van der Waals surface area contributed by atoms with Crippen LogP contribution in [0.2, 0.25) is 0 Å². The number of hydrogen-bond donors (Lipinski definition) is 3. The minimum absolute atomic E-state index is 0.246. The van der Waals surface area contributed by atoms with Gasteiger partial charge in [-0.1, -0.05) is 0 Å². The Morgan fingerprint density at radius 2 is 1.96 bits per heavy atom. The Kier molecular flexibility index (Phi) is 4.51. The van der Waals surface area contributed by atoms with E-state index in [-0.39, 0.29) is 5.69 Å². The van der Waals surface area contributed by atoms with Crippen LogP contribution >= 0.6 is 0 Å². The Balaban J connectivity index is 1.84. The summed E-state index contributed by atoms with van der Waals surface area (Å²) in [6.45, 7) is 1.77. The molecule has 0 aliphatic carbocycles. The lowest BCUT2D eigenvalue weighted by Crippen LogP contribution is -2.15. The molecule has 0 bridgehead atoms. The Labute approximate surface area is 144 Å². The third-order valence-electron chi connectivity index (χ3n) is 3.54. The highest BCUT2D eigenvalue weighted by molar-refractivity contribution is 5.92. The van der Waals surface area contributed by atoms with Gasteiger partial charge < -0.3 is 16.4 Å². The second-order valence-electron chi connectivity index (χ2n) is 5.33. The second kappa shape index (κ2) is 6.91. The number of rotatable bonds is 5. The highest BCUT2D eigenvalue weighted by Crippen LogP contribution is 2.20. The molecule has 3 heterocycles. The van der Waals surface area contributed by atoms with E-state index in [1.807, 2.05) is 19.2 Å². The highest BCUT2D eigenvalue weighted by atomic mass is 16.1. The summed E-state index contributed by atoms with van der Waals surface area (Å²) in [6.07, 6.45) is 4.92. The van der Waals surface area contributed by atoms with Gasteiger partial charge in [0, 0.05) is 25.0 Å². The van der Waals surface area contributed by atoms with Crippen molar-refractivity contribution >= 4 is 23.4 Å². The minimum Gasteiger partial charge on any atom is -0.373 e. The summed E-state index contributed by atoms with van der Waals surface area (Å²) >= 11 is 0. The molecule has 3 rings (SSSR count). The maximum Gasteiger partial charge on any atom is 0.267 e. The molecule has 0 radical (unpaired) electrons. The Morgan fingerprint density at radius 1 is 1.12 bits per heavy atom. The van der Waals surface area contributed by atoms with Crippen molar-refractivity contribution in [1.82, 2.24) is 19.9 Å². The van der Waals surface area contributed by atoms with Gasteiger partial charge in [-0.25, -0.2) is 19.9 Å². The molecular weight excluding hydrogens is 318 g/mol. The molecule has 1 amide bonds. The number of nitrogens with one attached hydrogen (secondary N) is 2. The van der Waals surface area contributed by atoms with E-state index in [4.69, 9.17) is 5.73 Å². The normalized spacial score (nSPS) is 10.3. The van der Waals surface area contributed by atoms with Crippen molar-refractivity contribution in [3.8, 4) is 11.3 Å². The molecule has 0 atom stereocenters. The maximum absolute atomic E-state index is 11.2. The monoisotopic (exact) mass is 335 g/mol. The van der Waals surface area contributed by atoms with Crippen molar-refractivity contribution in [2.45, 2.75) is 6.92 Å². The summed E-state index contributed by atoms with van der Waals surface area (Å²) in [7, 11) is 1.81. The van der Waals surface area contributed by atoms with Crippen LogP contribution in [0.25, 0.3) is 11.3 Å². The third-order valence-corrected chi connectivity index (χ3v) is 3.54. The largest absolute Gasteiger partial charge is 0.373 e. The summed E-state index contributed by atoms with van der Waals surface area (Å²) in [5.41, 5.74) is 8.48. The zero-order chi connectivity index (χ0) is 17.8. The van der Waals surface area contributed by atoms with E-state index < -0.39 is 5.91 Å². The summed E-state index contributed by atoms with van der Waals surface area (Å²) in [4.78, 5) is 28.3. The number of aryl methyl sites for hydroxylation is 1. The van der Waals surface area contributed by atoms with Crippen LogP contribution in [0.3, 0.4) is 0 Å². The zero-order valence-corrected chi connectivity index (χ0v) is 13.8. The summed E-state index contributed by atoms with van der Waals surface area (Å²) < 4.78 is 0. The molecule has 4 N–H and O–H groups in total. The van der Waals surface area contributed by atoms with Gasteiger partial charge in [-0.3, -0.25) is 4.79 Å². The van der Waals surface area contributed by atoms with Gasteiger partial charge in [0.05, 0.1) is 17.6 Å². The topological polar surface area (TPSA) is 119 Å². The summed E-state index contributed by atoms with van der Waals surface area (Å²) in [5.74, 6) is 0.648. The van der Waals surface area contributed by atoms with Crippen LogP contribution in [-0.4, -0.2) is 32.9 Å². The number of anilines is 3. The van der Waals surface area contributed by atoms with E-state index in [1.54, 1.807) is 31.5 Å². The molecular formula is C17H17N7O. The fraction of sp³-hybridized carbons (Fsp3) is 0.118. The molecule has 8 nitrogen and oxygen atoms in total. The molecule has 0 fully saturated rings. The third kappa shape index (κ3) is 3.69. The first-order valence-corrected chi connectivity index (χ1v) is 7.57. The van der Waals surface area contributed by atoms with E-state index in [9.17, 15) is 4.79 Å². The van der Waals surface area contributed by atoms with Gasteiger partial charge >= 0.3 is 0 Å². The van der Waals surface area contributed by atoms with Gasteiger partial charge in [-0.05, 0) is 36.8 Å². The lowest BCUT2D eigenvalue weighted by atomic mass is 10.2. The molecule has 0 aromatic carbocycles. The standard InChI is InChI=1S/C17H17N7O/c1-10-7-12(9-22-15(10)16(18)25)23-17-20-6-5-13(24-17)11-3-4-14(19-2)21-8-11/h3-9H,1-2H3,(H2,18,25)(H,19,21)(H,20,23,24). The molecule has 3 aromatic rings. The lowest BCUT2D eigenvalue weighted by molar-refractivity contribution is 0.0995. The van der Waals surface area contributed by atoms with E-state index in [2.05, 4.69) is 30.6 Å². The van der Waals surface area contributed by atoms with Crippen LogP contribution in [0.1, 0.15) is 16.1 Å². The van der Waals surface area contributed by atoms with Crippen molar-refractivity contribution in [2.75, 3.05) is 17.7 Å². The molecule has 8 heteroatoms. The molecule has 3 aromatic heterocycles. The van der Waals surface area contributed by atoms with Crippen molar-refractivity contribution in [1.29, 1.82) is 0 Å². The van der Waals surface area contributed by atoms with E-state index in [0.29, 0.717) is 17.2 Å². The van der Waals surface area contributed by atoms with Crippen LogP contribution in [-0.2, 0) is 0 Å². The second-order valence-corrected chi connectivity index (χ2v) is 5.33. The Bertz CT molecular complexity index is 909. The molecule has 0 aliphatic rings. The molecule has 0 aliphatic heterocycles. The minimum atomic E-state index is -0.556. The Morgan fingerprint density at radius 3 is 2.60 bits per heavy atom. The SMILES string of the molecule is CNc1ccc(-c2ccnc(Nc3cnc(C(N)=O)c(C)c3)n2)cn1. The van der Waals surface area contributed by atoms with Gasteiger partial charge in [0.25, 0.3) is 5.91 Å². The first-order valence-electron chi connectivity index (χ1n) is 7.57. The number of amides is 1. The van der Waals surface area contributed by atoms with Crippen molar-refractivity contribution in [3.05, 3.63) is 54.1 Å². The average molecular weight is 335 g/mol. The van der Waals surface area contributed by atoms with Crippen molar-refractivity contribution in [2.24, 2.45) is 5.73 Å². The van der Waals surface area contributed by atoms with Gasteiger partial charge in [-0.15, -0.1) is 0 Å². The number of hydrogen-bond acceptors (Lipinski definition) is 7. The number of nitrogens with two attached hydrogens (primary N) is 1. The predicted molar refractivity (Wildman–Crippen MR) is 95.6 cm³/mol. The van der Waals surface area contributed by atoms with E-state index in [1.165, 1.54) is 6.20 Å². The van der Waals surface area contributed by atoms with Crippen LogP contribution in [0.15, 0.2) is 42.9 Å².